The van der Waals surface area contributed by atoms with Crippen LogP contribution in [0.5, 0.6) is 0 Å². The molecule has 0 spiro atoms. The lowest BCUT2D eigenvalue weighted by atomic mass is 10.1. The molecule has 5 rings (SSSR count). The van der Waals surface area contributed by atoms with E-state index in [0.29, 0.717) is 31.7 Å². The standard InChI is InChI=1S/C22H24FN5OS/c23-18-11-25-8-6-20(18)28-16-4-5-17(28)13-27(12-16)21(29)7-9-24-10-15-2-1-3-19-22(15)30-14-26-19/h1-3,6,8,11,14,16-17,24H,4-5,7,9-10,12-13H2/t16-,17+. The minimum absolute atomic E-state index is 0.172. The summed E-state index contributed by atoms with van der Waals surface area (Å²) in [6.07, 6.45) is 5.36. The monoisotopic (exact) mass is 425 g/mol. The Kier molecular flexibility index (Phi) is 5.35. The van der Waals surface area contributed by atoms with Crippen molar-refractivity contribution in [1.82, 2.24) is 20.2 Å². The Morgan fingerprint density at radius 1 is 1.23 bits per heavy atom. The van der Waals surface area contributed by atoms with Crippen LogP contribution in [0.1, 0.15) is 24.8 Å². The smallest absolute Gasteiger partial charge is 0.223 e. The number of halogens is 1. The summed E-state index contributed by atoms with van der Waals surface area (Å²) in [6, 6.07) is 8.24. The molecule has 2 fully saturated rings. The van der Waals surface area contributed by atoms with Gasteiger partial charge in [-0.05, 0) is 30.5 Å². The van der Waals surface area contributed by atoms with Gasteiger partial charge in [0, 0.05) is 50.9 Å². The molecule has 2 aliphatic rings. The molecule has 2 aromatic heterocycles. The first-order valence-corrected chi connectivity index (χ1v) is 11.3. The van der Waals surface area contributed by atoms with Crippen LogP contribution in [-0.2, 0) is 11.3 Å². The first kappa shape index (κ1) is 19.4. The molecule has 6 nitrogen and oxygen atoms in total. The van der Waals surface area contributed by atoms with Crippen LogP contribution in [0.2, 0.25) is 0 Å². The van der Waals surface area contributed by atoms with Gasteiger partial charge in [-0.2, -0.15) is 0 Å². The van der Waals surface area contributed by atoms with Gasteiger partial charge in [0.15, 0.2) is 5.82 Å². The van der Waals surface area contributed by atoms with Crippen molar-refractivity contribution in [3.63, 3.8) is 0 Å². The van der Waals surface area contributed by atoms with Crippen molar-refractivity contribution in [2.45, 2.75) is 37.9 Å². The van der Waals surface area contributed by atoms with Gasteiger partial charge in [0.25, 0.3) is 0 Å². The third-order valence-electron chi connectivity index (χ3n) is 6.13. The number of carbonyl (C=O) groups excluding carboxylic acids is 1. The highest BCUT2D eigenvalue weighted by atomic mass is 32.1. The molecule has 0 saturated carbocycles. The molecule has 156 valence electrons. The Bertz CT molecular complexity index is 1040. The summed E-state index contributed by atoms with van der Waals surface area (Å²) in [5.74, 6) is -0.111. The third kappa shape index (κ3) is 3.65. The fourth-order valence-corrected chi connectivity index (χ4v) is 5.54. The minimum Gasteiger partial charge on any atom is -0.360 e. The number of thiazole rings is 1. The van der Waals surface area contributed by atoms with Crippen molar-refractivity contribution in [1.29, 1.82) is 0 Å². The maximum absolute atomic E-state index is 14.2. The predicted molar refractivity (Wildman–Crippen MR) is 116 cm³/mol. The number of hydrogen-bond donors (Lipinski definition) is 1. The molecule has 2 bridgehead atoms. The van der Waals surface area contributed by atoms with E-state index in [1.165, 1.54) is 16.5 Å². The number of aromatic nitrogens is 2. The first-order valence-electron chi connectivity index (χ1n) is 10.4. The number of hydrogen-bond acceptors (Lipinski definition) is 6. The number of nitrogens with one attached hydrogen (secondary N) is 1. The van der Waals surface area contributed by atoms with Crippen molar-refractivity contribution in [2.24, 2.45) is 0 Å². The Morgan fingerprint density at radius 3 is 2.87 bits per heavy atom. The number of pyridine rings is 1. The van der Waals surface area contributed by atoms with E-state index in [9.17, 15) is 9.18 Å². The quantitative estimate of drug-likeness (QED) is 0.615. The molecule has 2 saturated heterocycles. The molecule has 2 atom stereocenters. The summed E-state index contributed by atoms with van der Waals surface area (Å²) >= 11 is 1.65. The van der Waals surface area contributed by atoms with Crippen LogP contribution in [0.15, 0.2) is 42.2 Å². The van der Waals surface area contributed by atoms with Crippen molar-refractivity contribution in [2.75, 3.05) is 24.5 Å². The minimum atomic E-state index is -0.283. The van der Waals surface area contributed by atoms with Gasteiger partial charge in [-0.25, -0.2) is 9.37 Å². The zero-order valence-corrected chi connectivity index (χ0v) is 17.4. The number of carbonyl (C=O) groups is 1. The molecular weight excluding hydrogens is 401 g/mol. The van der Waals surface area contributed by atoms with E-state index < -0.39 is 0 Å². The highest BCUT2D eigenvalue weighted by molar-refractivity contribution is 7.16. The average molecular weight is 426 g/mol. The van der Waals surface area contributed by atoms with Gasteiger partial charge in [-0.15, -0.1) is 11.3 Å². The zero-order valence-electron chi connectivity index (χ0n) is 16.6. The molecule has 2 aliphatic heterocycles. The van der Waals surface area contributed by atoms with Crippen LogP contribution in [0.4, 0.5) is 10.1 Å². The number of fused-ring (bicyclic) bond motifs is 3. The third-order valence-corrected chi connectivity index (χ3v) is 7.05. The van der Waals surface area contributed by atoms with Gasteiger partial charge >= 0.3 is 0 Å². The lowest BCUT2D eigenvalue weighted by molar-refractivity contribution is -0.132. The van der Waals surface area contributed by atoms with Gasteiger partial charge < -0.3 is 15.1 Å². The second kappa shape index (κ2) is 8.28. The fourth-order valence-electron chi connectivity index (χ4n) is 4.74. The summed E-state index contributed by atoms with van der Waals surface area (Å²) < 4.78 is 15.4. The highest BCUT2D eigenvalue weighted by Gasteiger charge is 2.42. The van der Waals surface area contributed by atoms with E-state index in [1.807, 2.05) is 22.5 Å². The number of nitrogens with zero attached hydrogens (tertiary/aromatic N) is 4. The summed E-state index contributed by atoms with van der Waals surface area (Å²) in [4.78, 5) is 25.1. The van der Waals surface area contributed by atoms with Gasteiger partial charge in [-0.3, -0.25) is 9.78 Å². The second-order valence-electron chi connectivity index (χ2n) is 7.96. The molecule has 0 radical (unpaired) electrons. The van der Waals surface area contributed by atoms with E-state index in [4.69, 9.17) is 0 Å². The summed E-state index contributed by atoms with van der Waals surface area (Å²) in [5.41, 5.74) is 4.72. The van der Waals surface area contributed by atoms with Crippen LogP contribution in [-0.4, -0.2) is 52.5 Å². The molecule has 1 amide bonds. The molecule has 3 aromatic rings. The first-order chi connectivity index (χ1) is 14.7. The number of likely N-dealkylation sites (tertiary alicyclic amines) is 1. The molecule has 8 heteroatoms. The SMILES string of the molecule is O=C(CCNCc1cccc2ncsc12)N1C[C@H]2CC[C@@H](C1)N2c1ccncc1F. The zero-order chi connectivity index (χ0) is 20.5. The van der Waals surface area contributed by atoms with Crippen LogP contribution in [0, 0.1) is 5.82 Å². The largest absolute Gasteiger partial charge is 0.360 e. The summed E-state index contributed by atoms with van der Waals surface area (Å²) in [5, 5.41) is 3.40. The van der Waals surface area contributed by atoms with Gasteiger partial charge in [0.05, 0.1) is 27.6 Å². The van der Waals surface area contributed by atoms with Crippen LogP contribution in [0.25, 0.3) is 10.2 Å². The van der Waals surface area contributed by atoms with Crippen LogP contribution >= 0.6 is 11.3 Å². The lowest BCUT2D eigenvalue weighted by Gasteiger charge is -2.42. The van der Waals surface area contributed by atoms with E-state index in [0.717, 1.165) is 24.9 Å². The lowest BCUT2D eigenvalue weighted by Crippen LogP contribution is -2.56. The Morgan fingerprint density at radius 2 is 2.07 bits per heavy atom. The van der Waals surface area contributed by atoms with Crippen LogP contribution < -0.4 is 10.2 Å². The summed E-state index contributed by atoms with van der Waals surface area (Å²) in [7, 11) is 0. The van der Waals surface area contributed by atoms with E-state index in [-0.39, 0.29) is 23.8 Å². The van der Waals surface area contributed by atoms with Crippen LogP contribution in [0.3, 0.4) is 0 Å². The second-order valence-corrected chi connectivity index (χ2v) is 8.82. The van der Waals surface area contributed by atoms with E-state index >= 15 is 0 Å². The van der Waals surface area contributed by atoms with E-state index in [2.05, 4.69) is 26.3 Å². The molecule has 1 N–H and O–H groups in total. The number of piperazine rings is 1. The maximum Gasteiger partial charge on any atom is 0.223 e. The molecule has 4 heterocycles. The molecule has 0 unspecified atom stereocenters. The number of anilines is 1. The van der Waals surface area contributed by atoms with Crippen molar-refractivity contribution in [3.8, 4) is 0 Å². The molecule has 30 heavy (non-hydrogen) atoms. The molecule has 1 aromatic carbocycles. The Hall–Kier alpha value is -2.58. The van der Waals surface area contributed by atoms with Gasteiger partial charge in [0.1, 0.15) is 0 Å². The number of rotatable bonds is 6. The normalized spacial score (nSPS) is 20.8. The average Bonchev–Trinajstić information content (AvgIpc) is 3.33. The van der Waals surface area contributed by atoms with Crippen molar-refractivity contribution < 1.29 is 9.18 Å². The number of amides is 1. The topological polar surface area (TPSA) is 61.4 Å². The van der Waals surface area contributed by atoms with Gasteiger partial charge in [0.2, 0.25) is 5.91 Å². The Labute approximate surface area is 178 Å². The predicted octanol–water partition coefficient (Wildman–Crippen LogP) is 3.19. The number of benzene rings is 1. The Balaban J connectivity index is 1.15. The highest BCUT2D eigenvalue weighted by Crippen LogP contribution is 2.36. The van der Waals surface area contributed by atoms with Crippen molar-refractivity contribution in [3.05, 3.63) is 53.6 Å². The fraction of sp³-hybridized carbons (Fsp3) is 0.409. The summed E-state index contributed by atoms with van der Waals surface area (Å²) in [6.45, 7) is 2.70. The maximum atomic E-state index is 14.2. The van der Waals surface area contributed by atoms with E-state index in [1.54, 1.807) is 23.6 Å². The molecular formula is C22H24FN5OS. The van der Waals surface area contributed by atoms with Crippen molar-refractivity contribution >= 4 is 33.1 Å². The van der Waals surface area contributed by atoms with Gasteiger partial charge in [-0.1, -0.05) is 12.1 Å². The molecule has 0 aliphatic carbocycles.